The number of rotatable bonds is 5. The lowest BCUT2D eigenvalue weighted by Gasteiger charge is -2.16. The van der Waals surface area contributed by atoms with Crippen molar-refractivity contribution in [1.29, 1.82) is 0 Å². The van der Waals surface area contributed by atoms with Crippen molar-refractivity contribution in [3.63, 3.8) is 0 Å². The molecule has 0 unspecified atom stereocenters. The van der Waals surface area contributed by atoms with Gasteiger partial charge in [-0.05, 0) is 6.42 Å². The number of hydrogen-bond acceptors (Lipinski definition) is 7. The van der Waals surface area contributed by atoms with Gasteiger partial charge in [0.15, 0.2) is 11.9 Å². The Balaban J connectivity index is 2.47. The summed E-state index contributed by atoms with van der Waals surface area (Å²) in [6, 6.07) is 0. The summed E-state index contributed by atoms with van der Waals surface area (Å²) >= 11 is 0. The van der Waals surface area contributed by atoms with E-state index in [9.17, 15) is 19.8 Å². The SMILES string of the molecule is CCCC(=O)OC[C@H](O)[C@H]1OC(=O)C(O)=C1O. The van der Waals surface area contributed by atoms with Gasteiger partial charge < -0.3 is 24.8 Å². The van der Waals surface area contributed by atoms with Crippen molar-refractivity contribution >= 4 is 11.9 Å². The second kappa shape index (κ2) is 5.53. The maximum atomic E-state index is 11.0. The summed E-state index contributed by atoms with van der Waals surface area (Å²) in [6.45, 7) is 1.37. The summed E-state index contributed by atoms with van der Waals surface area (Å²) in [5.74, 6) is -3.31. The largest absolute Gasteiger partial charge is 0.505 e. The first kappa shape index (κ1) is 13.3. The lowest BCUT2D eigenvalue weighted by Crippen LogP contribution is -2.33. The molecule has 3 N–H and O–H groups in total. The summed E-state index contributed by atoms with van der Waals surface area (Å²) < 4.78 is 9.17. The molecule has 0 aliphatic carbocycles. The molecule has 7 nitrogen and oxygen atoms in total. The number of esters is 2. The standard InChI is InChI=1S/C10H14O7/c1-2-3-6(12)16-4-5(11)9-7(13)8(14)10(15)17-9/h5,9,11,13-14H,2-4H2,1H3/t5-,9+/m0/s1. The van der Waals surface area contributed by atoms with Gasteiger partial charge >= 0.3 is 11.9 Å². The molecule has 0 aromatic heterocycles. The van der Waals surface area contributed by atoms with Crippen LogP contribution in [0.5, 0.6) is 0 Å². The second-order valence-electron chi connectivity index (χ2n) is 3.56. The van der Waals surface area contributed by atoms with Crippen molar-refractivity contribution in [2.45, 2.75) is 32.0 Å². The van der Waals surface area contributed by atoms with Gasteiger partial charge in [-0.25, -0.2) is 4.79 Å². The molecule has 0 spiro atoms. The van der Waals surface area contributed by atoms with Gasteiger partial charge in [0.05, 0.1) is 0 Å². The number of aliphatic hydroxyl groups is 3. The Morgan fingerprint density at radius 3 is 2.65 bits per heavy atom. The van der Waals surface area contributed by atoms with Gasteiger partial charge in [-0.1, -0.05) is 6.92 Å². The summed E-state index contributed by atoms with van der Waals surface area (Å²) in [5, 5.41) is 27.7. The predicted octanol–water partition coefficient (Wildman–Crippen LogP) is -0.0564. The Hall–Kier alpha value is -1.76. The normalized spacial score (nSPS) is 21.3. The highest BCUT2D eigenvalue weighted by atomic mass is 16.6. The minimum absolute atomic E-state index is 0.213. The molecular formula is C10H14O7. The van der Waals surface area contributed by atoms with Crippen LogP contribution in [-0.2, 0) is 19.1 Å². The summed E-state index contributed by atoms with van der Waals surface area (Å²) in [6.07, 6.45) is -1.98. The number of carbonyl (C=O) groups is 2. The highest BCUT2D eigenvalue weighted by molar-refractivity contribution is 5.89. The zero-order chi connectivity index (χ0) is 13.0. The maximum Gasteiger partial charge on any atom is 0.377 e. The lowest BCUT2D eigenvalue weighted by atomic mass is 10.2. The van der Waals surface area contributed by atoms with Gasteiger partial charge in [-0.15, -0.1) is 0 Å². The molecule has 0 amide bonds. The van der Waals surface area contributed by atoms with Crippen LogP contribution in [-0.4, -0.2) is 46.1 Å². The number of hydrogen-bond donors (Lipinski definition) is 3. The van der Waals surface area contributed by atoms with E-state index >= 15 is 0 Å². The molecule has 0 saturated carbocycles. The molecular weight excluding hydrogens is 232 g/mol. The van der Waals surface area contributed by atoms with Crippen LogP contribution in [0.1, 0.15) is 19.8 Å². The van der Waals surface area contributed by atoms with Crippen LogP contribution in [0.25, 0.3) is 0 Å². The monoisotopic (exact) mass is 246 g/mol. The van der Waals surface area contributed by atoms with E-state index in [0.717, 1.165) is 0 Å². The highest BCUT2D eigenvalue weighted by Gasteiger charge is 2.39. The van der Waals surface area contributed by atoms with E-state index in [1.807, 2.05) is 0 Å². The Bertz CT molecular complexity index is 347. The fourth-order valence-corrected chi connectivity index (χ4v) is 1.27. The molecule has 17 heavy (non-hydrogen) atoms. The Morgan fingerprint density at radius 2 is 2.18 bits per heavy atom. The number of aliphatic hydroxyl groups excluding tert-OH is 3. The van der Waals surface area contributed by atoms with Crippen LogP contribution in [0.4, 0.5) is 0 Å². The first-order valence-corrected chi connectivity index (χ1v) is 5.14. The topological polar surface area (TPSA) is 113 Å². The van der Waals surface area contributed by atoms with Crippen molar-refractivity contribution in [1.82, 2.24) is 0 Å². The molecule has 1 rings (SSSR count). The molecule has 0 saturated heterocycles. The molecule has 1 aliphatic rings. The van der Waals surface area contributed by atoms with Crippen LogP contribution < -0.4 is 0 Å². The zero-order valence-corrected chi connectivity index (χ0v) is 9.25. The van der Waals surface area contributed by atoms with E-state index in [2.05, 4.69) is 9.47 Å². The summed E-state index contributed by atoms with van der Waals surface area (Å²) in [7, 11) is 0. The molecule has 0 fully saturated rings. The molecule has 0 bridgehead atoms. The van der Waals surface area contributed by atoms with Crippen LogP contribution in [0.3, 0.4) is 0 Å². The van der Waals surface area contributed by atoms with E-state index in [4.69, 9.17) is 5.11 Å². The molecule has 0 aromatic carbocycles. The lowest BCUT2D eigenvalue weighted by molar-refractivity contribution is -0.154. The number of cyclic esters (lactones) is 1. The minimum Gasteiger partial charge on any atom is -0.505 e. The van der Waals surface area contributed by atoms with Gasteiger partial charge in [-0.3, -0.25) is 4.79 Å². The summed E-state index contributed by atoms with van der Waals surface area (Å²) in [4.78, 5) is 21.8. The third kappa shape index (κ3) is 3.10. The number of carbonyl (C=O) groups excluding carboxylic acids is 2. The van der Waals surface area contributed by atoms with Crippen molar-refractivity contribution in [2.24, 2.45) is 0 Å². The molecule has 7 heteroatoms. The summed E-state index contributed by atoms with van der Waals surface area (Å²) in [5.41, 5.74) is 0. The second-order valence-corrected chi connectivity index (χ2v) is 3.56. The van der Waals surface area contributed by atoms with E-state index < -0.39 is 42.3 Å². The molecule has 0 aromatic rings. The molecule has 1 heterocycles. The van der Waals surface area contributed by atoms with Gasteiger partial charge in [0.2, 0.25) is 5.76 Å². The Labute approximate surface area is 97.3 Å². The predicted molar refractivity (Wildman–Crippen MR) is 54.0 cm³/mol. The zero-order valence-electron chi connectivity index (χ0n) is 9.25. The third-order valence-electron chi connectivity index (χ3n) is 2.16. The molecule has 1 aliphatic heterocycles. The quantitative estimate of drug-likeness (QED) is 0.582. The van der Waals surface area contributed by atoms with E-state index in [1.54, 1.807) is 6.92 Å². The van der Waals surface area contributed by atoms with Crippen molar-refractivity contribution < 1.29 is 34.4 Å². The van der Waals surface area contributed by atoms with E-state index in [-0.39, 0.29) is 6.42 Å². The fourth-order valence-electron chi connectivity index (χ4n) is 1.27. The van der Waals surface area contributed by atoms with Gasteiger partial charge in [-0.2, -0.15) is 0 Å². The maximum absolute atomic E-state index is 11.0. The van der Waals surface area contributed by atoms with Gasteiger partial charge in [0.1, 0.15) is 12.7 Å². The van der Waals surface area contributed by atoms with Crippen LogP contribution in [0, 0.1) is 0 Å². The van der Waals surface area contributed by atoms with E-state index in [0.29, 0.717) is 6.42 Å². The Morgan fingerprint density at radius 1 is 1.53 bits per heavy atom. The van der Waals surface area contributed by atoms with Crippen molar-refractivity contribution in [3.8, 4) is 0 Å². The minimum atomic E-state index is -1.41. The first-order chi connectivity index (χ1) is 7.97. The van der Waals surface area contributed by atoms with Crippen molar-refractivity contribution in [2.75, 3.05) is 6.61 Å². The number of ether oxygens (including phenoxy) is 2. The first-order valence-electron chi connectivity index (χ1n) is 5.14. The average Bonchev–Trinajstić information content (AvgIpc) is 2.54. The van der Waals surface area contributed by atoms with Crippen molar-refractivity contribution in [3.05, 3.63) is 11.5 Å². The average molecular weight is 246 g/mol. The Kier molecular flexibility index (Phi) is 4.33. The van der Waals surface area contributed by atoms with Gasteiger partial charge in [0, 0.05) is 6.42 Å². The fraction of sp³-hybridized carbons (Fsp3) is 0.600. The van der Waals surface area contributed by atoms with E-state index in [1.165, 1.54) is 0 Å². The van der Waals surface area contributed by atoms with Gasteiger partial charge in [0.25, 0.3) is 0 Å². The molecule has 96 valence electrons. The van der Waals surface area contributed by atoms with Crippen LogP contribution in [0.2, 0.25) is 0 Å². The van der Waals surface area contributed by atoms with Crippen LogP contribution in [0.15, 0.2) is 11.5 Å². The van der Waals surface area contributed by atoms with Crippen LogP contribution >= 0.6 is 0 Å². The molecule has 2 atom stereocenters. The highest BCUT2D eigenvalue weighted by Crippen LogP contribution is 2.21. The molecule has 0 radical (unpaired) electrons. The third-order valence-corrected chi connectivity index (χ3v) is 2.16. The smallest absolute Gasteiger partial charge is 0.377 e.